The fourth-order valence-corrected chi connectivity index (χ4v) is 3.07. The lowest BCUT2D eigenvalue weighted by Crippen LogP contribution is -2.23. The summed E-state index contributed by atoms with van der Waals surface area (Å²) in [7, 11) is 0. The molecule has 3 nitrogen and oxygen atoms in total. The van der Waals surface area contributed by atoms with E-state index in [2.05, 4.69) is 34.7 Å². The number of carbonyl (C=O) groups excluding carboxylic acids is 1. The number of H-pyrrole nitrogens is 1. The standard InChI is InChI=1S/C17H22N2O/c1-12(20)4-5-13-6-7-17-16(9-13)14(11-19-17)10-15-3-2-8-18-15/h6-7,9,11,15,18-19H,2-5,8,10H2,1H3/t15-/m1/s1. The van der Waals surface area contributed by atoms with Crippen molar-refractivity contribution in [1.29, 1.82) is 0 Å². The van der Waals surface area contributed by atoms with Gasteiger partial charge < -0.3 is 15.1 Å². The van der Waals surface area contributed by atoms with E-state index >= 15 is 0 Å². The zero-order valence-electron chi connectivity index (χ0n) is 12.0. The second-order valence-electron chi connectivity index (χ2n) is 5.89. The van der Waals surface area contributed by atoms with Gasteiger partial charge in [0.05, 0.1) is 0 Å². The lowest BCUT2D eigenvalue weighted by Gasteiger charge is -2.09. The van der Waals surface area contributed by atoms with Crippen LogP contribution in [0, 0.1) is 0 Å². The Morgan fingerprint density at radius 3 is 3.05 bits per heavy atom. The SMILES string of the molecule is CC(=O)CCc1ccc2[nH]cc(C[C@H]3CCCN3)c2c1. The van der Waals surface area contributed by atoms with Crippen molar-refractivity contribution < 1.29 is 4.79 Å². The van der Waals surface area contributed by atoms with E-state index in [1.165, 1.54) is 34.9 Å². The number of fused-ring (bicyclic) bond motifs is 1. The Labute approximate surface area is 119 Å². The summed E-state index contributed by atoms with van der Waals surface area (Å²) in [6.07, 6.45) is 7.27. The molecule has 1 aromatic heterocycles. The molecule has 1 atom stereocenters. The summed E-state index contributed by atoms with van der Waals surface area (Å²) in [6.45, 7) is 2.81. The molecule has 0 amide bonds. The van der Waals surface area contributed by atoms with Gasteiger partial charge in [-0.3, -0.25) is 0 Å². The van der Waals surface area contributed by atoms with Gasteiger partial charge in [-0.25, -0.2) is 0 Å². The first-order chi connectivity index (χ1) is 9.72. The quantitative estimate of drug-likeness (QED) is 0.877. The van der Waals surface area contributed by atoms with Gasteiger partial charge in [-0.05, 0) is 62.4 Å². The molecular weight excluding hydrogens is 248 g/mol. The summed E-state index contributed by atoms with van der Waals surface area (Å²) in [5, 5.41) is 4.87. The number of nitrogens with one attached hydrogen (secondary N) is 2. The van der Waals surface area contributed by atoms with Crippen LogP contribution in [0.2, 0.25) is 0 Å². The molecule has 1 aliphatic heterocycles. The molecule has 2 heterocycles. The van der Waals surface area contributed by atoms with Crippen LogP contribution in [0.4, 0.5) is 0 Å². The van der Waals surface area contributed by atoms with Crippen molar-refractivity contribution in [3.05, 3.63) is 35.5 Å². The van der Waals surface area contributed by atoms with Crippen LogP contribution in [0.15, 0.2) is 24.4 Å². The molecule has 0 saturated carbocycles. The maximum atomic E-state index is 11.1. The van der Waals surface area contributed by atoms with Gasteiger partial charge in [-0.1, -0.05) is 6.07 Å². The normalized spacial score (nSPS) is 18.8. The fraction of sp³-hybridized carbons (Fsp3) is 0.471. The van der Waals surface area contributed by atoms with Crippen LogP contribution in [0.3, 0.4) is 0 Å². The molecule has 0 aliphatic carbocycles. The van der Waals surface area contributed by atoms with Crippen molar-refractivity contribution in [3.63, 3.8) is 0 Å². The van der Waals surface area contributed by atoms with Crippen LogP contribution in [0.1, 0.15) is 37.3 Å². The second kappa shape index (κ2) is 5.80. The molecule has 1 saturated heterocycles. The monoisotopic (exact) mass is 270 g/mol. The van der Waals surface area contributed by atoms with Gasteiger partial charge in [0.2, 0.25) is 0 Å². The molecule has 1 aromatic carbocycles. The van der Waals surface area contributed by atoms with Gasteiger partial charge in [0.1, 0.15) is 5.78 Å². The molecular formula is C17H22N2O. The third-order valence-corrected chi connectivity index (χ3v) is 4.23. The van der Waals surface area contributed by atoms with Crippen molar-refractivity contribution in [2.75, 3.05) is 6.54 Å². The number of hydrogen-bond acceptors (Lipinski definition) is 2. The summed E-state index contributed by atoms with van der Waals surface area (Å²) < 4.78 is 0. The second-order valence-corrected chi connectivity index (χ2v) is 5.89. The Morgan fingerprint density at radius 2 is 2.30 bits per heavy atom. The molecule has 1 aliphatic rings. The third-order valence-electron chi connectivity index (χ3n) is 4.23. The highest BCUT2D eigenvalue weighted by atomic mass is 16.1. The first-order valence-corrected chi connectivity index (χ1v) is 7.54. The zero-order chi connectivity index (χ0) is 13.9. The van der Waals surface area contributed by atoms with Gasteiger partial charge in [-0.15, -0.1) is 0 Å². The molecule has 0 bridgehead atoms. The molecule has 3 heteroatoms. The first-order valence-electron chi connectivity index (χ1n) is 7.54. The Hall–Kier alpha value is -1.61. The number of ketones is 1. The minimum Gasteiger partial charge on any atom is -0.361 e. The van der Waals surface area contributed by atoms with Crippen molar-refractivity contribution in [3.8, 4) is 0 Å². The van der Waals surface area contributed by atoms with Crippen LogP contribution in [-0.4, -0.2) is 23.4 Å². The van der Waals surface area contributed by atoms with Crippen LogP contribution >= 0.6 is 0 Å². The minimum absolute atomic E-state index is 0.259. The summed E-state index contributed by atoms with van der Waals surface area (Å²) >= 11 is 0. The number of carbonyl (C=O) groups is 1. The highest BCUT2D eigenvalue weighted by molar-refractivity contribution is 5.84. The number of aryl methyl sites for hydroxylation is 1. The van der Waals surface area contributed by atoms with Crippen LogP contribution in [-0.2, 0) is 17.6 Å². The number of benzene rings is 1. The van der Waals surface area contributed by atoms with Crippen molar-refractivity contribution in [2.24, 2.45) is 0 Å². The molecule has 0 unspecified atom stereocenters. The number of aromatic amines is 1. The molecule has 0 spiro atoms. The van der Waals surface area contributed by atoms with Crippen molar-refractivity contribution in [2.45, 2.75) is 45.1 Å². The van der Waals surface area contributed by atoms with Gasteiger partial charge in [0, 0.05) is 29.6 Å². The van der Waals surface area contributed by atoms with Gasteiger partial charge in [0.25, 0.3) is 0 Å². The summed E-state index contributed by atoms with van der Waals surface area (Å²) in [5.74, 6) is 0.259. The predicted molar refractivity (Wildman–Crippen MR) is 82.0 cm³/mol. The highest BCUT2D eigenvalue weighted by Crippen LogP contribution is 2.23. The maximum absolute atomic E-state index is 11.1. The molecule has 2 aromatic rings. The van der Waals surface area contributed by atoms with E-state index in [1.54, 1.807) is 6.92 Å². The van der Waals surface area contributed by atoms with Crippen molar-refractivity contribution >= 4 is 16.7 Å². The van der Waals surface area contributed by atoms with E-state index in [4.69, 9.17) is 0 Å². The molecule has 3 rings (SSSR count). The van der Waals surface area contributed by atoms with Crippen LogP contribution in [0.5, 0.6) is 0 Å². The largest absolute Gasteiger partial charge is 0.361 e. The Bertz CT molecular complexity index is 608. The molecule has 20 heavy (non-hydrogen) atoms. The van der Waals surface area contributed by atoms with E-state index in [-0.39, 0.29) is 5.78 Å². The lowest BCUT2D eigenvalue weighted by molar-refractivity contribution is -0.116. The summed E-state index contributed by atoms with van der Waals surface area (Å²) in [6, 6.07) is 7.13. The van der Waals surface area contributed by atoms with E-state index < -0.39 is 0 Å². The topological polar surface area (TPSA) is 44.9 Å². The summed E-state index contributed by atoms with van der Waals surface area (Å²) in [5.41, 5.74) is 3.85. The predicted octanol–water partition coefficient (Wildman–Crippen LogP) is 2.98. The Kier molecular flexibility index (Phi) is 3.88. The Balaban J connectivity index is 1.81. The highest BCUT2D eigenvalue weighted by Gasteiger charge is 2.16. The average Bonchev–Trinajstić information content (AvgIpc) is 3.07. The minimum atomic E-state index is 0.259. The number of Topliss-reactive ketones (excluding diaryl/α,β-unsaturated/α-hetero) is 1. The van der Waals surface area contributed by atoms with Gasteiger partial charge in [0.15, 0.2) is 0 Å². The number of aromatic nitrogens is 1. The molecule has 2 N–H and O–H groups in total. The van der Waals surface area contributed by atoms with Gasteiger partial charge in [-0.2, -0.15) is 0 Å². The zero-order valence-corrected chi connectivity index (χ0v) is 12.0. The van der Waals surface area contributed by atoms with E-state index in [0.29, 0.717) is 12.5 Å². The van der Waals surface area contributed by atoms with E-state index in [9.17, 15) is 4.79 Å². The van der Waals surface area contributed by atoms with Crippen LogP contribution < -0.4 is 5.32 Å². The molecule has 106 valence electrons. The van der Waals surface area contributed by atoms with E-state index in [1.807, 2.05) is 0 Å². The average molecular weight is 270 g/mol. The molecule has 1 fully saturated rings. The summed E-state index contributed by atoms with van der Waals surface area (Å²) in [4.78, 5) is 14.5. The fourth-order valence-electron chi connectivity index (χ4n) is 3.07. The van der Waals surface area contributed by atoms with Crippen molar-refractivity contribution in [1.82, 2.24) is 10.3 Å². The molecule has 0 radical (unpaired) electrons. The number of rotatable bonds is 5. The maximum Gasteiger partial charge on any atom is 0.130 e. The lowest BCUT2D eigenvalue weighted by atomic mass is 10.0. The Morgan fingerprint density at radius 1 is 1.40 bits per heavy atom. The van der Waals surface area contributed by atoms with Crippen LogP contribution in [0.25, 0.3) is 10.9 Å². The van der Waals surface area contributed by atoms with E-state index in [0.717, 1.165) is 19.4 Å². The number of hydrogen-bond donors (Lipinski definition) is 2. The first kappa shape index (κ1) is 13.4. The smallest absolute Gasteiger partial charge is 0.130 e. The third kappa shape index (κ3) is 2.93. The van der Waals surface area contributed by atoms with Gasteiger partial charge >= 0.3 is 0 Å².